The topological polar surface area (TPSA) is 45.7 Å². The lowest BCUT2D eigenvalue weighted by atomic mass is 10.1. The minimum absolute atomic E-state index is 0.0245. The molecule has 0 N–H and O–H groups in total. The highest BCUT2D eigenvalue weighted by Gasteiger charge is 2.39. The van der Waals surface area contributed by atoms with Crippen LogP contribution in [0.2, 0.25) is 0 Å². The van der Waals surface area contributed by atoms with Crippen LogP contribution >= 0.6 is 11.3 Å². The van der Waals surface area contributed by atoms with Gasteiger partial charge in [0.2, 0.25) is 0 Å². The number of anilines is 1. The van der Waals surface area contributed by atoms with Gasteiger partial charge in [-0.3, -0.25) is 9.69 Å². The molecule has 32 heavy (non-hydrogen) atoms. The first-order valence-electron chi connectivity index (χ1n) is 9.22. The van der Waals surface area contributed by atoms with Gasteiger partial charge in [0.1, 0.15) is 11.4 Å². The lowest BCUT2D eigenvalue weighted by Crippen LogP contribution is -2.43. The van der Waals surface area contributed by atoms with Crippen LogP contribution in [0.5, 0.6) is 5.75 Å². The van der Waals surface area contributed by atoms with Crippen molar-refractivity contribution in [2.45, 2.75) is 24.8 Å². The Kier molecular flexibility index (Phi) is 6.71. The molecule has 2 aromatic rings. The van der Waals surface area contributed by atoms with E-state index in [1.165, 1.54) is 18.6 Å². The molecule has 2 heterocycles. The number of terminal acetylenes is 1. The zero-order valence-electron chi connectivity index (χ0n) is 16.6. The molecule has 0 bridgehead atoms. The number of nitrogens with zero attached hydrogens (tertiary/aromatic N) is 3. The minimum Gasteiger partial charge on any atom is -0.497 e. The van der Waals surface area contributed by atoms with Crippen molar-refractivity contribution >= 4 is 22.9 Å². The van der Waals surface area contributed by atoms with Gasteiger partial charge in [-0.2, -0.15) is 26.3 Å². The monoisotopic (exact) mass is 477 g/mol. The second-order valence-electron chi connectivity index (χ2n) is 7.07. The predicted octanol–water partition coefficient (Wildman–Crippen LogP) is 4.44. The van der Waals surface area contributed by atoms with E-state index in [2.05, 4.69) is 10.9 Å². The van der Waals surface area contributed by atoms with E-state index in [0.29, 0.717) is 0 Å². The van der Waals surface area contributed by atoms with Gasteiger partial charge in [-0.05, 0) is 24.5 Å². The fourth-order valence-corrected chi connectivity index (χ4v) is 4.08. The van der Waals surface area contributed by atoms with E-state index in [0.717, 1.165) is 33.3 Å². The number of thiazole rings is 1. The lowest BCUT2D eigenvalue weighted by Gasteiger charge is -2.30. The van der Waals surface area contributed by atoms with Crippen LogP contribution in [0, 0.1) is 12.3 Å². The summed E-state index contributed by atoms with van der Waals surface area (Å²) in [5.74, 6) is 1.35. The molecule has 0 saturated carbocycles. The first-order chi connectivity index (χ1) is 14.9. The largest absolute Gasteiger partial charge is 0.497 e. The van der Waals surface area contributed by atoms with Crippen molar-refractivity contribution in [1.82, 2.24) is 9.88 Å². The summed E-state index contributed by atoms with van der Waals surface area (Å²) in [6, 6.07) is 1.96. The summed E-state index contributed by atoms with van der Waals surface area (Å²) in [4.78, 5) is 19.4. The summed E-state index contributed by atoms with van der Waals surface area (Å²) >= 11 is 0.998. The smallest absolute Gasteiger partial charge is 0.416 e. The van der Waals surface area contributed by atoms with Gasteiger partial charge in [0.05, 0.1) is 25.3 Å². The number of ether oxygens (including phenoxy) is 1. The van der Waals surface area contributed by atoms with Crippen molar-refractivity contribution in [2.24, 2.45) is 0 Å². The molecule has 172 valence electrons. The SMILES string of the molecule is C#Cc1nc(C(=O)N(c2cc(OC)cc(C(F)(F)F)c2)[C@@H]2CCN(CC(F)(F)F)C2)cs1. The van der Waals surface area contributed by atoms with Crippen LogP contribution in [0.25, 0.3) is 0 Å². The van der Waals surface area contributed by atoms with Gasteiger partial charge < -0.3 is 9.64 Å². The van der Waals surface area contributed by atoms with E-state index in [-0.39, 0.29) is 41.6 Å². The van der Waals surface area contributed by atoms with Crippen molar-refractivity contribution in [3.8, 4) is 18.1 Å². The summed E-state index contributed by atoms with van der Waals surface area (Å²) < 4.78 is 83.7. The maximum Gasteiger partial charge on any atom is 0.416 e. The predicted molar refractivity (Wildman–Crippen MR) is 106 cm³/mol. The number of alkyl halides is 6. The van der Waals surface area contributed by atoms with E-state index >= 15 is 0 Å². The van der Waals surface area contributed by atoms with Gasteiger partial charge >= 0.3 is 12.4 Å². The summed E-state index contributed by atoms with van der Waals surface area (Å²) in [6.45, 7) is -1.33. The minimum atomic E-state index is -4.73. The molecule has 0 spiro atoms. The third kappa shape index (κ3) is 5.52. The number of rotatable bonds is 5. The second-order valence-corrected chi connectivity index (χ2v) is 7.93. The van der Waals surface area contributed by atoms with Gasteiger partial charge in [0.15, 0.2) is 5.01 Å². The number of carbonyl (C=O) groups is 1. The van der Waals surface area contributed by atoms with Gasteiger partial charge in [0.25, 0.3) is 5.91 Å². The third-order valence-electron chi connectivity index (χ3n) is 4.81. The zero-order valence-corrected chi connectivity index (χ0v) is 17.4. The molecule has 1 aromatic carbocycles. The van der Waals surface area contributed by atoms with Gasteiger partial charge in [-0.25, -0.2) is 4.98 Å². The maximum absolute atomic E-state index is 13.4. The standard InChI is InChI=1S/C20H17F6N3O2S/c1-3-17-27-16(10-32-17)18(30)29(13-4-5-28(9-13)11-19(21,22)23)14-6-12(20(24,25)26)7-15(8-14)31-2/h1,6-8,10,13H,4-5,9,11H2,2H3/t13-/m1/s1. The van der Waals surface area contributed by atoms with E-state index < -0.39 is 36.4 Å². The molecule has 3 rings (SSSR count). The van der Waals surface area contributed by atoms with Crippen molar-refractivity contribution in [3.05, 3.63) is 39.8 Å². The van der Waals surface area contributed by atoms with Crippen molar-refractivity contribution < 1.29 is 35.9 Å². The first kappa shape index (κ1) is 23.9. The summed E-state index contributed by atoms with van der Waals surface area (Å²) in [6.07, 6.45) is -3.77. The average molecular weight is 477 g/mol. The van der Waals surface area contributed by atoms with Crippen LogP contribution in [0.1, 0.15) is 27.5 Å². The highest BCUT2D eigenvalue weighted by atomic mass is 32.1. The molecule has 1 atom stereocenters. The van der Waals surface area contributed by atoms with Crippen LogP contribution in [0.15, 0.2) is 23.6 Å². The maximum atomic E-state index is 13.4. The van der Waals surface area contributed by atoms with Crippen LogP contribution in [0.3, 0.4) is 0 Å². The van der Waals surface area contributed by atoms with E-state index in [1.807, 2.05) is 0 Å². The Bertz CT molecular complexity index is 1030. The number of benzene rings is 1. The molecule has 12 heteroatoms. The highest BCUT2D eigenvalue weighted by molar-refractivity contribution is 7.10. The fourth-order valence-electron chi connectivity index (χ4n) is 3.48. The van der Waals surface area contributed by atoms with Crippen LogP contribution in [-0.4, -0.2) is 54.8 Å². The molecule has 5 nitrogen and oxygen atoms in total. The molecule has 0 aliphatic carbocycles. The molecule has 0 unspecified atom stereocenters. The summed E-state index contributed by atoms with van der Waals surface area (Å²) in [5, 5.41) is 1.55. The Morgan fingerprint density at radius 2 is 2.03 bits per heavy atom. The fraction of sp³-hybridized carbons (Fsp3) is 0.400. The van der Waals surface area contributed by atoms with Gasteiger partial charge in [0, 0.05) is 30.2 Å². The normalized spacial score (nSPS) is 17.2. The molecule has 0 radical (unpaired) electrons. The molecule has 1 aliphatic rings. The molecule has 1 fully saturated rings. The number of methoxy groups -OCH3 is 1. The Hall–Kier alpha value is -2.78. The number of carbonyl (C=O) groups excluding carboxylic acids is 1. The third-order valence-corrected chi connectivity index (χ3v) is 5.59. The molecular weight excluding hydrogens is 460 g/mol. The van der Waals surface area contributed by atoms with Crippen molar-refractivity contribution in [1.29, 1.82) is 0 Å². The van der Waals surface area contributed by atoms with E-state index in [1.54, 1.807) is 0 Å². The van der Waals surface area contributed by atoms with Gasteiger partial charge in [-0.1, -0.05) is 0 Å². The van der Waals surface area contributed by atoms with E-state index in [4.69, 9.17) is 11.2 Å². The van der Waals surface area contributed by atoms with Crippen molar-refractivity contribution in [2.75, 3.05) is 31.6 Å². The van der Waals surface area contributed by atoms with Crippen LogP contribution in [0.4, 0.5) is 32.0 Å². The van der Waals surface area contributed by atoms with Crippen LogP contribution < -0.4 is 9.64 Å². The lowest BCUT2D eigenvalue weighted by molar-refractivity contribution is -0.143. The Morgan fingerprint density at radius 1 is 1.31 bits per heavy atom. The second kappa shape index (κ2) is 8.99. The first-order valence-corrected chi connectivity index (χ1v) is 10.1. The Balaban J connectivity index is 2.03. The average Bonchev–Trinajstić information content (AvgIpc) is 3.35. The van der Waals surface area contributed by atoms with E-state index in [9.17, 15) is 31.1 Å². The highest BCUT2D eigenvalue weighted by Crippen LogP contribution is 2.37. The van der Waals surface area contributed by atoms with Crippen molar-refractivity contribution in [3.63, 3.8) is 0 Å². The molecule has 1 aliphatic heterocycles. The van der Waals surface area contributed by atoms with Gasteiger partial charge in [-0.15, -0.1) is 17.8 Å². The quantitative estimate of drug-likeness (QED) is 0.472. The summed E-state index contributed by atoms with van der Waals surface area (Å²) in [7, 11) is 1.17. The number of hydrogen-bond acceptors (Lipinski definition) is 5. The Labute approximate surface area is 183 Å². The van der Waals surface area contributed by atoms with Crippen LogP contribution in [-0.2, 0) is 6.18 Å². The number of aromatic nitrogens is 1. The number of likely N-dealkylation sites (tertiary alicyclic amines) is 1. The molecule has 1 saturated heterocycles. The molecule has 1 amide bonds. The number of halogens is 6. The molecular formula is C20H17F6N3O2S. The Morgan fingerprint density at radius 3 is 2.59 bits per heavy atom. The zero-order chi connectivity index (χ0) is 23.7. The molecule has 1 aromatic heterocycles. The number of hydrogen-bond donors (Lipinski definition) is 0. The number of amides is 1. The summed E-state index contributed by atoms with van der Waals surface area (Å²) in [5.41, 5.74) is -1.32.